The van der Waals surface area contributed by atoms with Gasteiger partial charge in [0.15, 0.2) is 0 Å². The monoisotopic (exact) mass is 329 g/mol. The molecule has 0 radical (unpaired) electrons. The zero-order valence-corrected chi connectivity index (χ0v) is 13.2. The van der Waals surface area contributed by atoms with Gasteiger partial charge in [0, 0.05) is 12.2 Å². The molecule has 6 nitrogen and oxygen atoms in total. The Morgan fingerprint density at radius 1 is 1.24 bits per heavy atom. The van der Waals surface area contributed by atoms with Crippen LogP contribution in [-0.4, -0.2) is 32.1 Å². The molecule has 8 heteroatoms. The van der Waals surface area contributed by atoms with E-state index in [1.165, 1.54) is 0 Å². The van der Waals surface area contributed by atoms with E-state index in [2.05, 4.69) is 10.1 Å². The maximum Gasteiger partial charge on any atom is 0.256 e. The summed E-state index contributed by atoms with van der Waals surface area (Å²) in [5.41, 5.74) is 6.90. The fourth-order valence-electron chi connectivity index (χ4n) is 2.30. The standard InChI is InChI=1S/C13H15N5O.2ClH/c1-9-15-12-8-17(6-7-18(12)16-9)13(19)10-4-2-3-5-11(10)14;;/h2-5H,6-8,14H2,1H3;2*1H. The zero-order chi connectivity index (χ0) is 13.4. The van der Waals surface area contributed by atoms with E-state index in [0.29, 0.717) is 30.9 Å². The van der Waals surface area contributed by atoms with Gasteiger partial charge in [-0.05, 0) is 19.1 Å². The van der Waals surface area contributed by atoms with Crippen LogP contribution in [0.1, 0.15) is 22.0 Å². The van der Waals surface area contributed by atoms with Gasteiger partial charge in [-0.3, -0.25) is 4.79 Å². The van der Waals surface area contributed by atoms with Crippen molar-refractivity contribution in [3.8, 4) is 0 Å². The predicted molar refractivity (Wildman–Crippen MR) is 84.8 cm³/mol. The lowest BCUT2D eigenvalue weighted by atomic mass is 10.1. The fraction of sp³-hybridized carbons (Fsp3) is 0.308. The van der Waals surface area contributed by atoms with Crippen molar-refractivity contribution in [3.05, 3.63) is 41.5 Å². The third kappa shape index (κ3) is 3.28. The van der Waals surface area contributed by atoms with Crippen LogP contribution in [0.3, 0.4) is 0 Å². The second-order valence-electron chi connectivity index (χ2n) is 4.61. The summed E-state index contributed by atoms with van der Waals surface area (Å²) < 4.78 is 1.85. The first-order valence-electron chi connectivity index (χ1n) is 6.19. The topological polar surface area (TPSA) is 77.0 Å². The molecule has 1 aromatic carbocycles. The maximum absolute atomic E-state index is 12.4. The van der Waals surface area contributed by atoms with Crippen molar-refractivity contribution in [1.82, 2.24) is 19.7 Å². The number of benzene rings is 1. The van der Waals surface area contributed by atoms with Crippen molar-refractivity contribution in [1.29, 1.82) is 0 Å². The Hall–Kier alpha value is -1.79. The summed E-state index contributed by atoms with van der Waals surface area (Å²) in [7, 11) is 0. The molecule has 0 saturated heterocycles. The number of aryl methyl sites for hydroxylation is 1. The Morgan fingerprint density at radius 3 is 2.67 bits per heavy atom. The summed E-state index contributed by atoms with van der Waals surface area (Å²) in [6, 6.07) is 7.13. The number of carbonyl (C=O) groups is 1. The minimum atomic E-state index is -0.0509. The van der Waals surface area contributed by atoms with Crippen LogP contribution in [0.2, 0.25) is 0 Å². The number of aromatic nitrogens is 3. The molecule has 0 bridgehead atoms. The first-order valence-corrected chi connectivity index (χ1v) is 6.19. The molecular formula is C13H17Cl2N5O. The average Bonchev–Trinajstić information content (AvgIpc) is 2.77. The number of hydrogen-bond donors (Lipinski definition) is 1. The molecule has 2 heterocycles. The van der Waals surface area contributed by atoms with E-state index in [1.54, 1.807) is 17.0 Å². The lowest BCUT2D eigenvalue weighted by Gasteiger charge is -2.27. The van der Waals surface area contributed by atoms with E-state index in [9.17, 15) is 4.79 Å². The van der Waals surface area contributed by atoms with Crippen molar-refractivity contribution < 1.29 is 4.79 Å². The van der Waals surface area contributed by atoms with Crippen molar-refractivity contribution in [2.75, 3.05) is 12.3 Å². The second-order valence-corrected chi connectivity index (χ2v) is 4.61. The molecule has 1 aliphatic rings. The number of fused-ring (bicyclic) bond motifs is 1. The normalized spacial score (nSPS) is 12.9. The maximum atomic E-state index is 12.4. The van der Waals surface area contributed by atoms with Crippen LogP contribution in [0.4, 0.5) is 5.69 Å². The Bertz CT molecular complexity index is 643. The van der Waals surface area contributed by atoms with Gasteiger partial charge in [0.05, 0.1) is 18.7 Å². The minimum absolute atomic E-state index is 0. The predicted octanol–water partition coefficient (Wildman–Crippen LogP) is 1.67. The van der Waals surface area contributed by atoms with Crippen LogP contribution in [-0.2, 0) is 13.1 Å². The largest absolute Gasteiger partial charge is 0.398 e. The molecular weight excluding hydrogens is 313 g/mol. The highest BCUT2D eigenvalue weighted by Crippen LogP contribution is 2.17. The van der Waals surface area contributed by atoms with Gasteiger partial charge in [-0.1, -0.05) is 12.1 Å². The number of hydrogen-bond acceptors (Lipinski definition) is 4. The molecule has 2 N–H and O–H groups in total. The number of rotatable bonds is 1. The summed E-state index contributed by atoms with van der Waals surface area (Å²) in [6.45, 7) is 3.64. The molecule has 1 aromatic heterocycles. The summed E-state index contributed by atoms with van der Waals surface area (Å²) >= 11 is 0. The van der Waals surface area contributed by atoms with Gasteiger partial charge in [0.2, 0.25) is 0 Å². The molecule has 0 fully saturated rings. The van der Waals surface area contributed by atoms with E-state index < -0.39 is 0 Å². The van der Waals surface area contributed by atoms with Gasteiger partial charge in [-0.2, -0.15) is 5.10 Å². The molecule has 21 heavy (non-hydrogen) atoms. The van der Waals surface area contributed by atoms with Crippen molar-refractivity contribution in [2.45, 2.75) is 20.0 Å². The highest BCUT2D eigenvalue weighted by molar-refractivity contribution is 5.99. The van der Waals surface area contributed by atoms with Crippen molar-refractivity contribution >= 4 is 36.4 Å². The van der Waals surface area contributed by atoms with Gasteiger partial charge in [-0.15, -0.1) is 24.8 Å². The molecule has 0 unspecified atom stereocenters. The molecule has 1 amide bonds. The number of para-hydroxylation sites is 1. The summed E-state index contributed by atoms with van der Waals surface area (Å²) in [4.78, 5) is 18.5. The van der Waals surface area contributed by atoms with Crippen LogP contribution in [0.15, 0.2) is 24.3 Å². The van der Waals surface area contributed by atoms with Gasteiger partial charge in [0.1, 0.15) is 11.6 Å². The number of nitrogen functional groups attached to an aromatic ring is 1. The summed E-state index contributed by atoms with van der Waals surface area (Å²) in [6.07, 6.45) is 0. The number of anilines is 1. The van der Waals surface area contributed by atoms with Crippen LogP contribution in [0.5, 0.6) is 0 Å². The van der Waals surface area contributed by atoms with Crippen LogP contribution < -0.4 is 5.73 Å². The molecule has 2 aromatic rings. The summed E-state index contributed by atoms with van der Waals surface area (Å²) in [5, 5.41) is 4.28. The van der Waals surface area contributed by atoms with E-state index in [-0.39, 0.29) is 30.7 Å². The van der Waals surface area contributed by atoms with E-state index in [1.807, 2.05) is 23.7 Å². The van der Waals surface area contributed by atoms with Crippen LogP contribution in [0, 0.1) is 6.92 Å². The molecule has 0 aliphatic carbocycles. The number of carbonyl (C=O) groups excluding carboxylic acids is 1. The molecule has 0 spiro atoms. The Kier molecular flexibility index (Phi) is 5.57. The highest BCUT2D eigenvalue weighted by atomic mass is 35.5. The van der Waals surface area contributed by atoms with Crippen molar-refractivity contribution in [2.24, 2.45) is 0 Å². The molecule has 1 aliphatic heterocycles. The van der Waals surface area contributed by atoms with Crippen LogP contribution >= 0.6 is 24.8 Å². The Balaban J connectivity index is 0.00000110. The Labute approximate surface area is 135 Å². The molecule has 0 saturated carbocycles. The van der Waals surface area contributed by atoms with E-state index in [0.717, 1.165) is 11.6 Å². The number of nitrogens with zero attached hydrogens (tertiary/aromatic N) is 4. The van der Waals surface area contributed by atoms with E-state index in [4.69, 9.17) is 5.73 Å². The summed E-state index contributed by atoms with van der Waals surface area (Å²) in [5.74, 6) is 1.51. The zero-order valence-electron chi connectivity index (χ0n) is 11.5. The quantitative estimate of drug-likeness (QED) is 0.807. The highest BCUT2D eigenvalue weighted by Gasteiger charge is 2.24. The number of amides is 1. The van der Waals surface area contributed by atoms with Crippen LogP contribution in [0.25, 0.3) is 0 Å². The smallest absolute Gasteiger partial charge is 0.256 e. The average molecular weight is 330 g/mol. The molecule has 0 atom stereocenters. The van der Waals surface area contributed by atoms with E-state index >= 15 is 0 Å². The third-order valence-corrected chi connectivity index (χ3v) is 3.25. The minimum Gasteiger partial charge on any atom is -0.398 e. The third-order valence-electron chi connectivity index (χ3n) is 3.25. The first kappa shape index (κ1) is 17.3. The van der Waals surface area contributed by atoms with Gasteiger partial charge in [-0.25, -0.2) is 9.67 Å². The number of halogens is 2. The van der Waals surface area contributed by atoms with Gasteiger partial charge in [0.25, 0.3) is 5.91 Å². The Morgan fingerprint density at radius 2 is 1.95 bits per heavy atom. The van der Waals surface area contributed by atoms with Crippen molar-refractivity contribution in [3.63, 3.8) is 0 Å². The van der Waals surface area contributed by atoms with Gasteiger partial charge >= 0.3 is 0 Å². The first-order chi connectivity index (χ1) is 9.15. The molecule has 3 rings (SSSR count). The lowest BCUT2D eigenvalue weighted by molar-refractivity contribution is 0.0703. The second kappa shape index (κ2) is 6.78. The number of nitrogens with two attached hydrogens (primary N) is 1. The lowest BCUT2D eigenvalue weighted by Crippen LogP contribution is -2.39. The SMILES string of the molecule is Cc1nc2n(n1)CCN(C(=O)c1ccccc1N)C2.Cl.Cl. The van der Waals surface area contributed by atoms with Gasteiger partial charge < -0.3 is 10.6 Å². The fourth-order valence-corrected chi connectivity index (χ4v) is 2.30. The molecule has 114 valence electrons.